The molecule has 2 amide bonds. The van der Waals surface area contributed by atoms with Crippen molar-refractivity contribution in [3.63, 3.8) is 0 Å². The van der Waals surface area contributed by atoms with E-state index in [0.29, 0.717) is 31.9 Å². The first-order valence-corrected chi connectivity index (χ1v) is 8.16. The van der Waals surface area contributed by atoms with Crippen LogP contribution in [0.3, 0.4) is 0 Å². The summed E-state index contributed by atoms with van der Waals surface area (Å²) in [4.78, 5) is 36.0. The lowest BCUT2D eigenvalue weighted by Crippen LogP contribution is -2.50. The maximum Gasteiger partial charge on any atom is 0.276 e. The van der Waals surface area contributed by atoms with Crippen molar-refractivity contribution in [1.82, 2.24) is 19.8 Å². The average molecular weight is 358 g/mol. The zero-order valence-electron chi connectivity index (χ0n) is 14.1. The zero-order chi connectivity index (χ0) is 18.5. The normalized spacial score (nSPS) is 14.9. The van der Waals surface area contributed by atoms with Crippen molar-refractivity contribution in [2.24, 2.45) is 0 Å². The molecule has 9 heteroatoms. The number of nitrogen functional groups attached to an aromatic ring is 1. The topological polar surface area (TPSA) is 104 Å². The Morgan fingerprint density at radius 3 is 2.38 bits per heavy atom. The van der Waals surface area contributed by atoms with E-state index < -0.39 is 0 Å². The number of nitrogens with one attached hydrogen (secondary N) is 1. The van der Waals surface area contributed by atoms with E-state index in [2.05, 4.69) is 15.3 Å². The van der Waals surface area contributed by atoms with Crippen LogP contribution < -0.4 is 11.1 Å². The van der Waals surface area contributed by atoms with Gasteiger partial charge >= 0.3 is 0 Å². The van der Waals surface area contributed by atoms with Gasteiger partial charge in [-0.25, -0.2) is 14.4 Å². The number of carbonyl (C=O) groups is 2. The van der Waals surface area contributed by atoms with Crippen molar-refractivity contribution >= 4 is 23.3 Å². The molecule has 0 radical (unpaired) electrons. The Bertz CT molecular complexity index is 790. The van der Waals surface area contributed by atoms with Crippen LogP contribution in [0.1, 0.15) is 10.5 Å². The molecule has 0 aliphatic carbocycles. The number of halogens is 1. The molecule has 3 N–H and O–H groups in total. The summed E-state index contributed by atoms with van der Waals surface area (Å²) < 4.78 is 12.9. The first-order valence-electron chi connectivity index (χ1n) is 8.16. The van der Waals surface area contributed by atoms with Crippen molar-refractivity contribution < 1.29 is 14.0 Å². The molecule has 1 saturated heterocycles. The SMILES string of the molecule is Nc1nccnc1C(=O)N1CCN(CC(=O)Nc2ccc(F)cc2)CC1. The third-order valence-corrected chi connectivity index (χ3v) is 4.08. The van der Waals surface area contributed by atoms with E-state index in [0.717, 1.165) is 0 Å². The number of anilines is 2. The summed E-state index contributed by atoms with van der Waals surface area (Å²) in [6.45, 7) is 2.26. The van der Waals surface area contributed by atoms with Gasteiger partial charge in [0.15, 0.2) is 11.5 Å². The number of nitrogens with two attached hydrogens (primary N) is 1. The van der Waals surface area contributed by atoms with E-state index in [-0.39, 0.29) is 35.7 Å². The Morgan fingerprint density at radius 1 is 1.08 bits per heavy atom. The van der Waals surface area contributed by atoms with Crippen molar-refractivity contribution in [1.29, 1.82) is 0 Å². The van der Waals surface area contributed by atoms with E-state index in [9.17, 15) is 14.0 Å². The summed E-state index contributed by atoms with van der Waals surface area (Å²) in [5.74, 6) is -0.688. The van der Waals surface area contributed by atoms with Gasteiger partial charge in [0.05, 0.1) is 6.54 Å². The molecule has 1 fully saturated rings. The van der Waals surface area contributed by atoms with E-state index in [1.54, 1.807) is 4.90 Å². The van der Waals surface area contributed by atoms with E-state index >= 15 is 0 Å². The summed E-state index contributed by atoms with van der Waals surface area (Å²) in [6.07, 6.45) is 2.86. The second kappa shape index (κ2) is 7.87. The predicted molar refractivity (Wildman–Crippen MR) is 93.8 cm³/mol. The molecule has 0 spiro atoms. The smallest absolute Gasteiger partial charge is 0.276 e. The van der Waals surface area contributed by atoms with Gasteiger partial charge < -0.3 is 16.0 Å². The van der Waals surface area contributed by atoms with E-state index in [1.807, 2.05) is 4.90 Å². The quantitative estimate of drug-likeness (QED) is 0.829. The van der Waals surface area contributed by atoms with Crippen molar-refractivity contribution in [2.45, 2.75) is 0 Å². The molecule has 136 valence electrons. The maximum atomic E-state index is 12.9. The summed E-state index contributed by atoms with van der Waals surface area (Å²) in [7, 11) is 0. The summed E-state index contributed by atoms with van der Waals surface area (Å²) in [5.41, 5.74) is 6.39. The molecule has 2 heterocycles. The standard InChI is InChI=1S/C17H19FN6O2/c18-12-1-3-13(4-2-12)22-14(25)11-23-7-9-24(10-8-23)17(26)15-16(19)21-6-5-20-15/h1-6H,7-11H2,(H2,19,21)(H,22,25). The lowest BCUT2D eigenvalue weighted by Gasteiger charge is -2.34. The molecule has 2 aromatic rings. The molecule has 0 unspecified atom stereocenters. The van der Waals surface area contributed by atoms with Gasteiger partial charge in [-0.2, -0.15) is 0 Å². The highest BCUT2D eigenvalue weighted by atomic mass is 19.1. The minimum atomic E-state index is -0.354. The lowest BCUT2D eigenvalue weighted by atomic mass is 10.2. The number of hydrogen-bond acceptors (Lipinski definition) is 6. The highest BCUT2D eigenvalue weighted by Gasteiger charge is 2.25. The van der Waals surface area contributed by atoms with Crippen LogP contribution in [-0.2, 0) is 4.79 Å². The van der Waals surface area contributed by atoms with Gasteiger partial charge in [-0.05, 0) is 24.3 Å². The minimum absolute atomic E-state index is 0.110. The number of benzene rings is 1. The summed E-state index contributed by atoms with van der Waals surface area (Å²) >= 11 is 0. The van der Waals surface area contributed by atoms with Gasteiger partial charge in [0.25, 0.3) is 5.91 Å². The van der Waals surface area contributed by atoms with Crippen LogP contribution in [0.2, 0.25) is 0 Å². The van der Waals surface area contributed by atoms with Gasteiger partial charge in [-0.1, -0.05) is 0 Å². The van der Waals surface area contributed by atoms with Crippen LogP contribution >= 0.6 is 0 Å². The number of hydrogen-bond donors (Lipinski definition) is 2. The Hall–Kier alpha value is -3.07. The Morgan fingerprint density at radius 2 is 1.73 bits per heavy atom. The fourth-order valence-electron chi connectivity index (χ4n) is 2.71. The summed E-state index contributed by atoms with van der Waals surface area (Å²) in [6, 6.07) is 5.60. The van der Waals surface area contributed by atoms with Crippen LogP contribution in [0, 0.1) is 5.82 Å². The molecule has 1 aliphatic heterocycles. The first kappa shape index (κ1) is 17.7. The highest BCUT2D eigenvalue weighted by Crippen LogP contribution is 2.11. The average Bonchev–Trinajstić information content (AvgIpc) is 2.64. The van der Waals surface area contributed by atoms with Gasteiger partial charge in [0.1, 0.15) is 5.82 Å². The molecule has 26 heavy (non-hydrogen) atoms. The molecule has 1 aromatic heterocycles. The molecule has 0 atom stereocenters. The van der Waals surface area contributed by atoms with Crippen molar-refractivity contribution in [3.05, 3.63) is 48.2 Å². The molecular formula is C17H19FN6O2. The molecular weight excluding hydrogens is 339 g/mol. The monoisotopic (exact) mass is 358 g/mol. The Balaban J connectivity index is 1.49. The second-order valence-electron chi connectivity index (χ2n) is 5.91. The fraction of sp³-hybridized carbons (Fsp3) is 0.294. The molecule has 1 aliphatic rings. The highest BCUT2D eigenvalue weighted by molar-refractivity contribution is 5.96. The van der Waals surface area contributed by atoms with Gasteiger partial charge in [-0.15, -0.1) is 0 Å². The largest absolute Gasteiger partial charge is 0.382 e. The van der Waals surface area contributed by atoms with Crippen molar-refractivity contribution in [2.75, 3.05) is 43.8 Å². The van der Waals surface area contributed by atoms with E-state index in [1.165, 1.54) is 36.7 Å². The van der Waals surface area contributed by atoms with Gasteiger partial charge in [0, 0.05) is 44.3 Å². The zero-order valence-corrected chi connectivity index (χ0v) is 14.1. The molecule has 8 nitrogen and oxygen atoms in total. The number of carbonyl (C=O) groups excluding carboxylic acids is 2. The van der Waals surface area contributed by atoms with Gasteiger partial charge in [0.2, 0.25) is 5.91 Å². The lowest BCUT2D eigenvalue weighted by molar-refractivity contribution is -0.117. The second-order valence-corrected chi connectivity index (χ2v) is 5.91. The number of nitrogens with zero attached hydrogens (tertiary/aromatic N) is 4. The number of amides is 2. The van der Waals surface area contributed by atoms with Crippen LogP contribution in [0.5, 0.6) is 0 Å². The van der Waals surface area contributed by atoms with Crippen LogP contribution in [0.4, 0.5) is 15.9 Å². The minimum Gasteiger partial charge on any atom is -0.382 e. The van der Waals surface area contributed by atoms with E-state index in [4.69, 9.17) is 5.73 Å². The molecule has 3 rings (SSSR count). The van der Waals surface area contributed by atoms with Crippen LogP contribution in [0.25, 0.3) is 0 Å². The van der Waals surface area contributed by atoms with Crippen LogP contribution in [0.15, 0.2) is 36.7 Å². The predicted octanol–water partition coefficient (Wildman–Crippen LogP) is 0.594. The molecule has 0 bridgehead atoms. The number of piperazine rings is 1. The number of aromatic nitrogens is 2. The summed E-state index contributed by atoms with van der Waals surface area (Å²) in [5, 5.41) is 2.72. The third-order valence-electron chi connectivity index (χ3n) is 4.08. The third kappa shape index (κ3) is 4.31. The first-order chi connectivity index (χ1) is 12.5. The Labute approximate surface area is 149 Å². The van der Waals surface area contributed by atoms with Crippen LogP contribution in [-0.4, -0.2) is 64.3 Å². The van der Waals surface area contributed by atoms with Gasteiger partial charge in [-0.3, -0.25) is 14.5 Å². The van der Waals surface area contributed by atoms with Crippen molar-refractivity contribution in [3.8, 4) is 0 Å². The fourth-order valence-corrected chi connectivity index (χ4v) is 2.71. The molecule has 1 aromatic carbocycles. The molecule has 0 saturated carbocycles. The Kier molecular flexibility index (Phi) is 5.37. The maximum absolute atomic E-state index is 12.9. The number of rotatable bonds is 4.